The van der Waals surface area contributed by atoms with Crippen molar-refractivity contribution in [1.29, 1.82) is 0 Å². The van der Waals surface area contributed by atoms with Crippen LogP contribution < -0.4 is 0 Å². The van der Waals surface area contributed by atoms with Crippen LogP contribution in [0.25, 0.3) is 0 Å². The van der Waals surface area contributed by atoms with E-state index >= 15 is 0 Å². The van der Waals surface area contributed by atoms with E-state index in [4.69, 9.17) is 9.47 Å². The van der Waals surface area contributed by atoms with Crippen LogP contribution in [0.4, 0.5) is 0 Å². The number of ether oxygens (including phenoxy) is 2. The van der Waals surface area contributed by atoms with Gasteiger partial charge in [0.05, 0.1) is 13.2 Å². The molecule has 0 aromatic carbocycles. The van der Waals surface area contributed by atoms with Crippen molar-refractivity contribution < 1.29 is 9.47 Å². The highest BCUT2D eigenvalue weighted by atomic mass is 16.5. The van der Waals surface area contributed by atoms with Gasteiger partial charge in [-0.2, -0.15) is 0 Å². The highest BCUT2D eigenvalue weighted by molar-refractivity contribution is 4.86. The smallest absolute Gasteiger partial charge is 0.0700 e. The molecule has 13 heavy (non-hydrogen) atoms. The molecule has 0 aliphatic carbocycles. The molecule has 0 aliphatic heterocycles. The molecule has 0 rings (SSSR count). The van der Waals surface area contributed by atoms with Crippen LogP contribution in [0.2, 0.25) is 0 Å². The molecule has 0 aromatic heterocycles. The predicted octanol–water partition coefficient (Wildman–Crippen LogP) is 2.82. The van der Waals surface area contributed by atoms with Gasteiger partial charge < -0.3 is 9.47 Å². The quantitative estimate of drug-likeness (QED) is 0.517. The molecule has 0 saturated carbocycles. The summed E-state index contributed by atoms with van der Waals surface area (Å²) in [5, 5.41) is 0. The van der Waals surface area contributed by atoms with E-state index < -0.39 is 0 Å². The van der Waals surface area contributed by atoms with E-state index in [1.165, 1.54) is 19.3 Å². The topological polar surface area (TPSA) is 18.5 Å². The van der Waals surface area contributed by atoms with Gasteiger partial charge in [-0.15, -0.1) is 0 Å². The lowest BCUT2D eigenvalue weighted by Gasteiger charge is -2.12. The van der Waals surface area contributed by atoms with Crippen LogP contribution in [0.5, 0.6) is 0 Å². The molecule has 0 amide bonds. The molecule has 0 unspecified atom stereocenters. The summed E-state index contributed by atoms with van der Waals surface area (Å²) in [4.78, 5) is 0. The molecular formula is C11H23O2. The minimum Gasteiger partial charge on any atom is -0.382 e. The minimum absolute atomic E-state index is 0.704. The van der Waals surface area contributed by atoms with Crippen LogP contribution in [0.1, 0.15) is 39.5 Å². The second-order valence-corrected chi connectivity index (χ2v) is 3.21. The van der Waals surface area contributed by atoms with E-state index in [0.717, 1.165) is 19.6 Å². The van der Waals surface area contributed by atoms with Crippen molar-refractivity contribution in [1.82, 2.24) is 0 Å². The molecule has 0 aromatic rings. The third kappa shape index (κ3) is 8.26. The zero-order valence-electron chi connectivity index (χ0n) is 9.27. The highest BCUT2D eigenvalue weighted by Crippen LogP contribution is 2.17. The van der Waals surface area contributed by atoms with Crippen LogP contribution >= 0.6 is 0 Å². The maximum Gasteiger partial charge on any atom is 0.0700 e. The molecule has 0 aliphatic rings. The third-order valence-electron chi connectivity index (χ3n) is 2.14. The third-order valence-corrected chi connectivity index (χ3v) is 2.14. The normalized spacial score (nSPS) is 11.1. The largest absolute Gasteiger partial charge is 0.382 e. The van der Waals surface area contributed by atoms with Gasteiger partial charge in [-0.25, -0.2) is 0 Å². The Morgan fingerprint density at radius 1 is 1.00 bits per heavy atom. The number of rotatable bonds is 9. The fraction of sp³-hybridized carbons (Fsp3) is 0.909. The van der Waals surface area contributed by atoms with Crippen molar-refractivity contribution in [3.05, 3.63) is 5.92 Å². The van der Waals surface area contributed by atoms with E-state index in [-0.39, 0.29) is 0 Å². The predicted molar refractivity (Wildman–Crippen MR) is 55.8 cm³/mol. The van der Waals surface area contributed by atoms with Crippen LogP contribution in [-0.2, 0) is 9.47 Å². The van der Waals surface area contributed by atoms with Crippen LogP contribution in [0.15, 0.2) is 0 Å². The average molecular weight is 187 g/mol. The number of hydrogen-bond acceptors (Lipinski definition) is 2. The molecule has 2 heteroatoms. The molecule has 79 valence electrons. The van der Waals surface area contributed by atoms with E-state index in [1.54, 1.807) is 13.0 Å². The van der Waals surface area contributed by atoms with Crippen LogP contribution in [-0.4, -0.2) is 26.9 Å². The first-order valence-corrected chi connectivity index (χ1v) is 5.25. The van der Waals surface area contributed by atoms with Gasteiger partial charge >= 0.3 is 0 Å². The maximum absolute atomic E-state index is 5.41. The lowest BCUT2D eigenvalue weighted by atomic mass is 9.98. The lowest BCUT2D eigenvalue weighted by molar-refractivity contribution is 0.0699. The molecule has 0 spiro atoms. The Morgan fingerprint density at radius 2 is 1.77 bits per heavy atom. The second-order valence-electron chi connectivity index (χ2n) is 3.21. The Balaban J connectivity index is 3.17. The zero-order valence-corrected chi connectivity index (χ0v) is 9.27. The standard InChI is InChI=1S/C11H23O2/c1-4-6-11(5-2)7-8-13-10-9-12-3/h4-10H2,1-3H3. The van der Waals surface area contributed by atoms with Crippen LogP contribution in [0, 0.1) is 5.92 Å². The summed E-state index contributed by atoms with van der Waals surface area (Å²) >= 11 is 0. The molecule has 0 fully saturated rings. The Kier molecular flexibility index (Phi) is 9.94. The highest BCUT2D eigenvalue weighted by Gasteiger charge is 2.04. The second kappa shape index (κ2) is 10.0. The maximum atomic E-state index is 5.41. The van der Waals surface area contributed by atoms with E-state index in [9.17, 15) is 0 Å². The first-order valence-electron chi connectivity index (χ1n) is 5.25. The zero-order chi connectivity index (χ0) is 9.94. The first kappa shape index (κ1) is 12.9. The van der Waals surface area contributed by atoms with Gasteiger partial charge in [-0.1, -0.05) is 20.3 Å². The fourth-order valence-electron chi connectivity index (χ4n) is 1.29. The molecular weight excluding hydrogens is 164 g/mol. The summed E-state index contributed by atoms with van der Waals surface area (Å²) in [5.74, 6) is 1.62. The Bertz CT molecular complexity index is 94.1. The van der Waals surface area contributed by atoms with Gasteiger partial charge in [0.2, 0.25) is 0 Å². The first-order chi connectivity index (χ1) is 6.35. The van der Waals surface area contributed by atoms with Gasteiger partial charge in [-0.3, -0.25) is 0 Å². The van der Waals surface area contributed by atoms with Crippen molar-refractivity contribution in [3.63, 3.8) is 0 Å². The Morgan fingerprint density at radius 3 is 2.31 bits per heavy atom. The van der Waals surface area contributed by atoms with Crippen molar-refractivity contribution >= 4 is 0 Å². The molecule has 0 heterocycles. The lowest BCUT2D eigenvalue weighted by Crippen LogP contribution is -2.06. The summed E-state index contributed by atoms with van der Waals surface area (Å²) < 4.78 is 10.3. The molecule has 0 saturated heterocycles. The molecule has 0 bridgehead atoms. The molecule has 0 atom stereocenters. The van der Waals surface area contributed by atoms with Gasteiger partial charge in [0.25, 0.3) is 0 Å². The van der Waals surface area contributed by atoms with Gasteiger partial charge in [0.1, 0.15) is 0 Å². The molecule has 1 radical (unpaired) electrons. The summed E-state index contributed by atoms with van der Waals surface area (Å²) in [6.45, 7) is 6.73. The number of methoxy groups -OCH3 is 1. The van der Waals surface area contributed by atoms with Gasteiger partial charge in [0.15, 0.2) is 0 Å². The fourth-order valence-corrected chi connectivity index (χ4v) is 1.29. The summed E-state index contributed by atoms with van der Waals surface area (Å²) in [6.07, 6.45) is 4.82. The SMILES string of the molecule is CCC[C](CC)CCOCCOC. The average Bonchev–Trinajstić information content (AvgIpc) is 2.16. The van der Waals surface area contributed by atoms with Crippen molar-refractivity contribution in [2.45, 2.75) is 39.5 Å². The summed E-state index contributed by atoms with van der Waals surface area (Å²) in [7, 11) is 1.70. The summed E-state index contributed by atoms with van der Waals surface area (Å²) in [5.41, 5.74) is 0. The van der Waals surface area contributed by atoms with Crippen LogP contribution in [0.3, 0.4) is 0 Å². The van der Waals surface area contributed by atoms with Gasteiger partial charge in [-0.05, 0) is 25.2 Å². The van der Waals surface area contributed by atoms with Crippen molar-refractivity contribution in [2.75, 3.05) is 26.9 Å². The Labute approximate surface area is 82.6 Å². The molecule has 0 N–H and O–H groups in total. The van der Waals surface area contributed by atoms with E-state index in [2.05, 4.69) is 13.8 Å². The van der Waals surface area contributed by atoms with Gasteiger partial charge in [0, 0.05) is 13.7 Å². The summed E-state index contributed by atoms with van der Waals surface area (Å²) in [6, 6.07) is 0. The Hall–Kier alpha value is -0.0800. The number of hydrogen-bond donors (Lipinski definition) is 0. The monoisotopic (exact) mass is 187 g/mol. The van der Waals surface area contributed by atoms with E-state index in [1.807, 2.05) is 0 Å². The minimum atomic E-state index is 0.704. The molecule has 2 nitrogen and oxygen atoms in total. The van der Waals surface area contributed by atoms with Crippen molar-refractivity contribution in [3.8, 4) is 0 Å². The van der Waals surface area contributed by atoms with E-state index in [0.29, 0.717) is 6.61 Å². The van der Waals surface area contributed by atoms with Crippen molar-refractivity contribution in [2.24, 2.45) is 0 Å².